The Morgan fingerprint density at radius 3 is 2.55 bits per heavy atom. The third-order valence-electron chi connectivity index (χ3n) is 6.99. The van der Waals surface area contributed by atoms with E-state index in [2.05, 4.69) is 17.1 Å². The second-order valence-corrected chi connectivity index (χ2v) is 10.3. The highest BCUT2D eigenvalue weighted by Gasteiger charge is 2.39. The summed E-state index contributed by atoms with van der Waals surface area (Å²) in [7, 11) is 0. The van der Waals surface area contributed by atoms with Gasteiger partial charge in [-0.15, -0.1) is 11.3 Å². The molecule has 3 heterocycles. The number of hydroxylamine groups is 2. The van der Waals surface area contributed by atoms with Gasteiger partial charge < -0.3 is 9.84 Å². The summed E-state index contributed by atoms with van der Waals surface area (Å²) in [4.78, 5) is 23.5. The molecule has 31 heavy (non-hydrogen) atoms. The van der Waals surface area contributed by atoms with Gasteiger partial charge in [0.15, 0.2) is 0 Å². The number of hydrogen-bond acceptors (Lipinski definition) is 6. The van der Waals surface area contributed by atoms with Gasteiger partial charge in [-0.1, -0.05) is 24.3 Å². The van der Waals surface area contributed by atoms with Gasteiger partial charge in [0.05, 0.1) is 30.5 Å². The molecule has 7 heteroatoms. The monoisotopic (exact) mass is 442 g/mol. The number of nitrogens with zero attached hydrogens (tertiary/aromatic N) is 2. The van der Waals surface area contributed by atoms with E-state index in [1.54, 1.807) is 16.4 Å². The summed E-state index contributed by atoms with van der Waals surface area (Å²) in [5.74, 6) is 0.778. The van der Waals surface area contributed by atoms with Crippen LogP contribution >= 0.6 is 11.3 Å². The molecule has 3 fully saturated rings. The number of thiazole rings is 1. The predicted octanol–water partition coefficient (Wildman–Crippen LogP) is 3.92. The van der Waals surface area contributed by atoms with E-state index >= 15 is 0 Å². The topological polar surface area (TPSA) is 71.9 Å². The first-order valence-electron chi connectivity index (χ1n) is 11.3. The Morgan fingerprint density at radius 1 is 1.19 bits per heavy atom. The van der Waals surface area contributed by atoms with Gasteiger partial charge in [0.1, 0.15) is 11.6 Å². The minimum Gasteiger partial charge on any atom is -0.380 e. The molecule has 0 unspecified atom stereocenters. The van der Waals surface area contributed by atoms with Gasteiger partial charge in [-0.05, 0) is 56.1 Å². The summed E-state index contributed by atoms with van der Waals surface area (Å²) < 4.78 is 5.15. The molecule has 5 rings (SSSR count). The molecule has 166 valence electrons. The van der Waals surface area contributed by atoms with Gasteiger partial charge in [-0.25, -0.2) is 10.0 Å². The second-order valence-electron chi connectivity index (χ2n) is 9.24. The molecule has 1 aromatic carbocycles. The van der Waals surface area contributed by atoms with Crippen LogP contribution in [0, 0.1) is 18.8 Å². The largest absolute Gasteiger partial charge is 0.380 e. The minimum absolute atomic E-state index is 0.0374. The van der Waals surface area contributed by atoms with Crippen LogP contribution in [-0.2, 0) is 26.4 Å². The van der Waals surface area contributed by atoms with Crippen LogP contribution in [0.1, 0.15) is 60.0 Å². The van der Waals surface area contributed by atoms with Crippen molar-refractivity contribution < 1.29 is 19.5 Å². The Labute approximate surface area is 187 Å². The van der Waals surface area contributed by atoms with Crippen molar-refractivity contribution in [1.82, 2.24) is 10.0 Å². The molecule has 0 radical (unpaired) electrons. The van der Waals surface area contributed by atoms with Gasteiger partial charge in [-0.3, -0.25) is 9.63 Å². The van der Waals surface area contributed by atoms with Crippen LogP contribution in [0.15, 0.2) is 29.6 Å². The van der Waals surface area contributed by atoms with Crippen molar-refractivity contribution in [3.05, 3.63) is 51.5 Å². The average molecular weight is 443 g/mol. The Hall–Kier alpha value is -1.80. The number of aromatic nitrogens is 1. The average Bonchev–Trinajstić information content (AvgIpc) is 3.41. The maximum absolute atomic E-state index is 13.2. The van der Waals surface area contributed by atoms with Crippen molar-refractivity contribution in [3.8, 4) is 0 Å². The highest BCUT2D eigenvalue weighted by molar-refractivity contribution is 7.09. The molecule has 1 N–H and O–H groups in total. The van der Waals surface area contributed by atoms with Crippen molar-refractivity contribution in [1.29, 1.82) is 0 Å². The van der Waals surface area contributed by atoms with E-state index in [1.165, 1.54) is 5.56 Å². The van der Waals surface area contributed by atoms with Crippen LogP contribution in [0.3, 0.4) is 0 Å². The molecule has 0 bridgehead atoms. The van der Waals surface area contributed by atoms with Crippen LogP contribution in [0.25, 0.3) is 0 Å². The van der Waals surface area contributed by atoms with E-state index in [9.17, 15) is 9.90 Å². The number of benzene rings is 1. The number of ether oxygens (including phenoxy) is 1. The van der Waals surface area contributed by atoms with Gasteiger partial charge >= 0.3 is 0 Å². The highest BCUT2D eigenvalue weighted by atomic mass is 32.1. The second kappa shape index (κ2) is 8.62. The zero-order chi connectivity index (χ0) is 21.4. The van der Waals surface area contributed by atoms with Crippen LogP contribution in [0.4, 0.5) is 0 Å². The summed E-state index contributed by atoms with van der Waals surface area (Å²) in [6.07, 6.45) is 5.80. The quantitative estimate of drug-likeness (QED) is 0.760. The minimum atomic E-state index is -0.802. The fourth-order valence-corrected chi connectivity index (χ4v) is 5.69. The van der Waals surface area contributed by atoms with E-state index in [0.717, 1.165) is 54.8 Å². The van der Waals surface area contributed by atoms with E-state index in [0.29, 0.717) is 25.7 Å². The molecular weight excluding hydrogens is 412 g/mol. The number of amides is 1. The number of carbonyl (C=O) groups is 1. The molecule has 3 aliphatic rings. The number of carbonyl (C=O) groups excluding carboxylic acids is 1. The molecule has 2 aliphatic heterocycles. The number of hydrogen-bond donors (Lipinski definition) is 1. The zero-order valence-electron chi connectivity index (χ0n) is 18.0. The van der Waals surface area contributed by atoms with Crippen LogP contribution in [0.5, 0.6) is 0 Å². The third-order valence-corrected chi connectivity index (χ3v) is 7.79. The van der Waals surface area contributed by atoms with Gasteiger partial charge in [-0.2, -0.15) is 0 Å². The van der Waals surface area contributed by atoms with Crippen molar-refractivity contribution in [2.24, 2.45) is 11.8 Å². The third kappa shape index (κ3) is 4.29. The van der Waals surface area contributed by atoms with Gasteiger partial charge in [0.25, 0.3) is 0 Å². The lowest BCUT2D eigenvalue weighted by Crippen LogP contribution is -2.46. The predicted molar refractivity (Wildman–Crippen MR) is 117 cm³/mol. The Kier molecular flexibility index (Phi) is 5.86. The van der Waals surface area contributed by atoms with E-state index in [-0.39, 0.29) is 17.9 Å². The van der Waals surface area contributed by atoms with Crippen molar-refractivity contribution in [2.45, 2.75) is 57.1 Å². The highest BCUT2D eigenvalue weighted by Crippen LogP contribution is 2.37. The maximum atomic E-state index is 13.2. The lowest BCUT2D eigenvalue weighted by Gasteiger charge is -2.36. The van der Waals surface area contributed by atoms with Crippen molar-refractivity contribution in [3.63, 3.8) is 0 Å². The number of rotatable bonds is 5. The van der Waals surface area contributed by atoms with Gasteiger partial charge in [0, 0.05) is 17.7 Å². The molecule has 2 saturated heterocycles. The van der Waals surface area contributed by atoms with Crippen molar-refractivity contribution >= 4 is 17.2 Å². The van der Waals surface area contributed by atoms with E-state index in [1.807, 2.05) is 24.4 Å². The summed E-state index contributed by atoms with van der Waals surface area (Å²) in [6, 6.07) is 8.27. The zero-order valence-corrected chi connectivity index (χ0v) is 18.8. The van der Waals surface area contributed by atoms with Crippen LogP contribution in [-0.4, -0.2) is 40.9 Å². The van der Waals surface area contributed by atoms with Crippen molar-refractivity contribution in [2.75, 3.05) is 19.8 Å². The van der Waals surface area contributed by atoms with Gasteiger partial charge in [0.2, 0.25) is 5.91 Å². The van der Waals surface area contributed by atoms with E-state index < -0.39 is 5.60 Å². The first kappa shape index (κ1) is 21.1. The SMILES string of the molecule is Cc1nc([C@@H]2CCON2C(=O)[C@H]2CC[C@H](Cc3ccc(C4(O)COC4)cc3)CC2)cs1. The van der Waals surface area contributed by atoms with Crippen LogP contribution < -0.4 is 0 Å². The molecule has 0 spiro atoms. The summed E-state index contributed by atoms with van der Waals surface area (Å²) in [5, 5.41) is 15.1. The normalized spacial score (nSPS) is 27.8. The fourth-order valence-electron chi connectivity index (χ4n) is 5.03. The van der Waals surface area contributed by atoms with Crippen LogP contribution in [0.2, 0.25) is 0 Å². The smallest absolute Gasteiger partial charge is 0.249 e. The Balaban J connectivity index is 1.14. The number of aryl methyl sites for hydroxylation is 1. The molecule has 2 aromatic rings. The maximum Gasteiger partial charge on any atom is 0.249 e. The Bertz CT molecular complexity index is 916. The summed E-state index contributed by atoms with van der Waals surface area (Å²) >= 11 is 1.62. The Morgan fingerprint density at radius 2 is 1.94 bits per heavy atom. The summed E-state index contributed by atoms with van der Waals surface area (Å²) in [5.41, 5.74) is 2.39. The molecule has 1 saturated carbocycles. The molecule has 1 aromatic heterocycles. The number of aliphatic hydroxyl groups is 1. The first-order chi connectivity index (χ1) is 15.0. The molecule has 1 atom stereocenters. The lowest BCUT2D eigenvalue weighted by atomic mass is 9.78. The molecule has 1 aliphatic carbocycles. The fraction of sp³-hybridized carbons (Fsp3) is 0.583. The molecular formula is C24H30N2O4S. The summed E-state index contributed by atoms with van der Waals surface area (Å²) in [6.45, 7) is 3.34. The molecule has 6 nitrogen and oxygen atoms in total. The standard InChI is InChI=1S/C24H30N2O4S/c1-16-25-21(13-31-16)22-10-11-30-26(22)23(27)19-6-2-17(3-7-19)12-18-4-8-20(9-5-18)24(28)14-29-15-24/h4-5,8-9,13,17,19,22,28H,2-3,6-7,10-12,14-15H2,1H3/t17-,19-,22-/m0/s1. The van der Waals surface area contributed by atoms with E-state index in [4.69, 9.17) is 9.57 Å². The molecule has 1 amide bonds. The lowest BCUT2D eigenvalue weighted by molar-refractivity contribution is -0.184. The first-order valence-corrected chi connectivity index (χ1v) is 12.2.